The zero-order valence-electron chi connectivity index (χ0n) is 25.5. The molecule has 0 aliphatic heterocycles. The number of carbonyl (C=O) groups is 2. The molecule has 5 N–H and O–H groups in total. The van der Waals surface area contributed by atoms with E-state index in [2.05, 4.69) is 0 Å². The van der Waals surface area contributed by atoms with Gasteiger partial charge < -0.3 is 25.5 Å². The van der Waals surface area contributed by atoms with Gasteiger partial charge in [-0.05, 0) is 48.7 Å². The summed E-state index contributed by atoms with van der Waals surface area (Å²) in [7, 11) is -4.22. The van der Waals surface area contributed by atoms with Gasteiger partial charge in [-0.3, -0.25) is 13.8 Å². The highest BCUT2D eigenvalue weighted by Gasteiger charge is 2.82. The van der Waals surface area contributed by atoms with Crippen LogP contribution < -0.4 is 0 Å². The Balaban J connectivity index is 2.01. The molecule has 3 fully saturated rings. The van der Waals surface area contributed by atoms with Crippen molar-refractivity contribution in [2.45, 2.75) is 115 Å². The Morgan fingerprint density at radius 2 is 1.70 bits per heavy atom. The first-order valence-corrected chi connectivity index (χ1v) is 17.0. The van der Waals surface area contributed by atoms with Gasteiger partial charge in [0.25, 0.3) is 10.1 Å². The molecule has 0 spiro atoms. The molecule has 0 amide bonds. The Hall–Kier alpha value is -1.35. The summed E-state index contributed by atoms with van der Waals surface area (Å²) in [6, 6.07) is 0. The number of rotatable bonds is 10. The minimum atomic E-state index is -4.22. The molecule has 0 bridgehead atoms. The largest absolute Gasteiger partial charge is 0.390 e. The maximum absolute atomic E-state index is 17.8. The molecule has 3 saturated carbocycles. The molecule has 13 heteroatoms. The lowest BCUT2D eigenvalue weighted by Gasteiger charge is -2.65. The molecule has 4 rings (SSSR count). The van der Waals surface area contributed by atoms with E-state index in [0.717, 1.165) is 6.08 Å². The van der Waals surface area contributed by atoms with E-state index >= 15 is 8.78 Å². The zero-order valence-corrected chi connectivity index (χ0v) is 26.3. The first kappa shape index (κ1) is 34.5. The third-order valence-electron chi connectivity index (χ3n) is 11.6. The van der Waals surface area contributed by atoms with Gasteiger partial charge in [-0.2, -0.15) is 8.42 Å². The summed E-state index contributed by atoms with van der Waals surface area (Å²) >= 11 is 0. The first-order chi connectivity index (χ1) is 19.6. The molecule has 246 valence electrons. The first-order valence-electron chi connectivity index (χ1n) is 15.1. The number of fused-ring (bicyclic) bond motifs is 5. The van der Waals surface area contributed by atoms with Crippen molar-refractivity contribution in [1.29, 1.82) is 0 Å². The number of hydrogen-bond donors (Lipinski definition) is 5. The Kier molecular flexibility index (Phi) is 8.73. The molecule has 0 aromatic heterocycles. The highest BCUT2D eigenvalue weighted by molar-refractivity contribution is 7.86. The van der Waals surface area contributed by atoms with Crippen LogP contribution in [0.25, 0.3) is 0 Å². The van der Waals surface area contributed by atoms with Gasteiger partial charge in [0.05, 0.1) is 17.8 Å². The fourth-order valence-corrected chi connectivity index (χ4v) is 10.3. The van der Waals surface area contributed by atoms with E-state index in [0.29, 0.717) is 6.26 Å². The summed E-state index contributed by atoms with van der Waals surface area (Å²) in [4.78, 5) is 26.6. The van der Waals surface area contributed by atoms with Crippen LogP contribution in [0.3, 0.4) is 0 Å². The Morgan fingerprint density at radius 1 is 1.09 bits per heavy atom. The number of ketones is 2. The molecule has 0 aromatic rings. The average Bonchev–Trinajstić information content (AvgIpc) is 3.16. The number of Topliss-reactive ketones (excluding diaryl/α,β-unsaturated/α-hetero) is 1. The quantitative estimate of drug-likeness (QED) is 0.176. The molecule has 0 heterocycles. The predicted octanol–water partition coefficient (Wildman–Crippen LogP) is 2.25. The van der Waals surface area contributed by atoms with Crippen LogP contribution in [-0.2, 0) is 23.9 Å². The van der Waals surface area contributed by atoms with Gasteiger partial charge in [-0.1, -0.05) is 40.5 Å². The van der Waals surface area contributed by atoms with Crippen molar-refractivity contribution in [3.63, 3.8) is 0 Å². The van der Waals surface area contributed by atoms with E-state index in [-0.39, 0.29) is 49.9 Å². The second-order valence-corrected chi connectivity index (χ2v) is 15.5. The van der Waals surface area contributed by atoms with Crippen LogP contribution in [0.5, 0.6) is 0 Å². The van der Waals surface area contributed by atoms with E-state index < -0.39 is 105 Å². The molecule has 0 saturated heterocycles. The summed E-state index contributed by atoms with van der Waals surface area (Å²) in [5, 5.41) is 58.5. The maximum Gasteiger partial charge on any atom is 0.264 e. The van der Waals surface area contributed by atoms with Crippen molar-refractivity contribution in [3.05, 3.63) is 11.6 Å². The van der Waals surface area contributed by atoms with Gasteiger partial charge in [-0.25, -0.2) is 8.78 Å². The highest BCUT2D eigenvalue weighted by Crippen LogP contribution is 2.76. The smallest absolute Gasteiger partial charge is 0.264 e. The van der Waals surface area contributed by atoms with Crippen molar-refractivity contribution in [3.8, 4) is 0 Å². The van der Waals surface area contributed by atoms with Crippen molar-refractivity contribution >= 4 is 21.7 Å². The fourth-order valence-electron chi connectivity index (χ4n) is 10.00. The van der Waals surface area contributed by atoms with Crippen molar-refractivity contribution < 1.29 is 56.5 Å². The minimum absolute atomic E-state index is 0.0436. The molecular weight excluding hydrogens is 590 g/mol. The van der Waals surface area contributed by atoms with Gasteiger partial charge in [0.15, 0.2) is 23.1 Å². The van der Waals surface area contributed by atoms with Gasteiger partial charge in [0.1, 0.15) is 18.4 Å². The summed E-state index contributed by atoms with van der Waals surface area (Å²) in [6.07, 6.45) is -3.87. The molecule has 3 unspecified atom stereocenters. The van der Waals surface area contributed by atoms with Crippen LogP contribution in [0.1, 0.15) is 85.5 Å². The third kappa shape index (κ3) is 4.79. The van der Waals surface area contributed by atoms with Crippen LogP contribution in [-0.4, -0.2) is 87.9 Å². The van der Waals surface area contributed by atoms with Crippen LogP contribution in [0, 0.1) is 34.0 Å². The third-order valence-corrected chi connectivity index (χ3v) is 12.1. The lowest BCUT2D eigenvalue weighted by molar-refractivity contribution is -0.327. The van der Waals surface area contributed by atoms with Gasteiger partial charge in [-0.15, -0.1) is 0 Å². The van der Waals surface area contributed by atoms with Gasteiger partial charge in [0, 0.05) is 36.5 Å². The predicted molar refractivity (Wildman–Crippen MR) is 150 cm³/mol. The van der Waals surface area contributed by atoms with Gasteiger partial charge in [0.2, 0.25) is 0 Å². The van der Waals surface area contributed by atoms with Crippen LogP contribution in [0.15, 0.2) is 11.6 Å². The number of hydrogen-bond acceptors (Lipinski definition) is 10. The summed E-state index contributed by atoms with van der Waals surface area (Å²) in [5.74, 6) is -11.3. The molecule has 9 atom stereocenters. The number of carbonyl (C=O) groups excluding carboxylic acids is 2. The Morgan fingerprint density at radius 3 is 2.26 bits per heavy atom. The number of alkyl halides is 2. The van der Waals surface area contributed by atoms with E-state index in [9.17, 15) is 43.5 Å². The fraction of sp³-hybridized carbons (Fsp3) is 0.867. The van der Waals surface area contributed by atoms with Crippen LogP contribution in [0.4, 0.5) is 8.78 Å². The monoisotopic (exact) mass is 636 g/mol. The molecule has 4 aliphatic carbocycles. The highest BCUT2D eigenvalue weighted by atomic mass is 32.2. The maximum atomic E-state index is 17.8. The van der Waals surface area contributed by atoms with E-state index in [4.69, 9.17) is 4.18 Å². The summed E-state index contributed by atoms with van der Waals surface area (Å²) in [6.45, 7) is 4.97. The molecular formula is C30H46F2O10S. The van der Waals surface area contributed by atoms with Crippen molar-refractivity contribution in [2.75, 3.05) is 12.9 Å². The van der Waals surface area contributed by atoms with Crippen LogP contribution in [0.2, 0.25) is 0 Å². The van der Waals surface area contributed by atoms with E-state index in [1.807, 2.05) is 0 Å². The lowest BCUT2D eigenvalue weighted by Crippen LogP contribution is -2.73. The molecule has 43 heavy (non-hydrogen) atoms. The number of aliphatic hydroxyl groups is 5. The van der Waals surface area contributed by atoms with Gasteiger partial charge >= 0.3 is 0 Å². The summed E-state index contributed by atoms with van der Waals surface area (Å²) < 4.78 is 62.5. The summed E-state index contributed by atoms with van der Waals surface area (Å²) in [5.41, 5.74) is -8.50. The molecule has 4 aliphatic rings. The standard InChI is InChI=1S/C30H46F2O10S/c1-6-9-27(36,37)22-14-18-19-13-21(31)20-12-17(33)8-11-25(20,3)30(19,32)23(34)15-26(18,4)29(22,28(38,39)10-7-2)24(35)16-42-43(5,40)41/h12,18-19,21-23,34,36-39H,6-11,13-16H2,1-5H3/t18-,19-,21?,22?,23?,25-,26-,29-,30-/m0/s1. The average molecular weight is 637 g/mol. The van der Waals surface area contributed by atoms with Crippen molar-refractivity contribution in [2.24, 2.45) is 34.0 Å². The molecule has 10 nitrogen and oxygen atoms in total. The topological polar surface area (TPSA) is 179 Å². The second kappa shape index (κ2) is 10.9. The Bertz CT molecular complexity index is 1280. The van der Waals surface area contributed by atoms with Crippen molar-refractivity contribution in [1.82, 2.24) is 0 Å². The zero-order chi connectivity index (χ0) is 32.6. The van der Waals surface area contributed by atoms with Crippen LogP contribution >= 0.6 is 0 Å². The second-order valence-electron chi connectivity index (χ2n) is 13.9. The molecule has 0 aromatic carbocycles. The van der Waals surface area contributed by atoms with E-state index in [1.165, 1.54) is 13.8 Å². The minimum Gasteiger partial charge on any atom is -0.390 e. The normalized spacial score (nSPS) is 41.7. The Labute approximate surface area is 251 Å². The lowest BCUT2D eigenvalue weighted by atomic mass is 9.41. The van der Waals surface area contributed by atoms with E-state index in [1.54, 1.807) is 13.8 Å². The number of allylic oxidation sites excluding steroid dienone is 1. The number of halogens is 2. The SMILES string of the molecule is CCCC(O)(O)C1C[C@H]2[C@@H]3CC(F)C4=CC(=O)CC[C@]4(C)[C@@]3(F)C(O)C[C@]2(C)[C@]1(C(=O)COS(C)(=O)=O)C(O)(O)CCC. The molecule has 0 radical (unpaired) electrons. The number of aliphatic hydroxyl groups excluding tert-OH is 1.